The molecule has 66 valence electrons. The summed E-state index contributed by atoms with van der Waals surface area (Å²) in [7, 11) is 0. The standard InChI is InChI=1S/C7H9BrN2O2/c8-5-1-9-10(2-5)6-3-12-4-7(6)11/h1-2,6-7,11H,3-4H2. The summed E-state index contributed by atoms with van der Waals surface area (Å²) in [5.41, 5.74) is 0. The van der Waals surface area contributed by atoms with E-state index in [0.29, 0.717) is 13.2 Å². The molecule has 1 aromatic heterocycles. The fraction of sp³-hybridized carbons (Fsp3) is 0.571. The molecule has 0 bridgehead atoms. The molecule has 1 fully saturated rings. The van der Waals surface area contributed by atoms with Crippen LogP contribution in [0, 0.1) is 0 Å². The third kappa shape index (κ3) is 1.39. The zero-order valence-electron chi connectivity index (χ0n) is 6.35. The molecule has 4 nitrogen and oxygen atoms in total. The lowest BCUT2D eigenvalue weighted by molar-refractivity contribution is 0.118. The summed E-state index contributed by atoms with van der Waals surface area (Å²) in [6.07, 6.45) is 3.10. The second-order valence-electron chi connectivity index (χ2n) is 2.81. The summed E-state index contributed by atoms with van der Waals surface area (Å²) in [4.78, 5) is 0. The number of aliphatic hydroxyl groups is 1. The monoisotopic (exact) mass is 232 g/mol. The van der Waals surface area contributed by atoms with Gasteiger partial charge in [-0.15, -0.1) is 0 Å². The zero-order chi connectivity index (χ0) is 8.55. The number of halogens is 1. The predicted octanol–water partition coefficient (Wildman–Crippen LogP) is 0.578. The maximum atomic E-state index is 9.45. The van der Waals surface area contributed by atoms with Gasteiger partial charge in [-0.1, -0.05) is 0 Å². The van der Waals surface area contributed by atoms with E-state index in [-0.39, 0.29) is 6.04 Å². The van der Waals surface area contributed by atoms with Crippen molar-refractivity contribution in [1.82, 2.24) is 9.78 Å². The molecule has 0 spiro atoms. The Labute approximate surface area is 78.3 Å². The van der Waals surface area contributed by atoms with Gasteiger partial charge in [-0.2, -0.15) is 5.10 Å². The second-order valence-corrected chi connectivity index (χ2v) is 3.73. The summed E-state index contributed by atoms with van der Waals surface area (Å²) in [6, 6.07) is -0.0312. The van der Waals surface area contributed by atoms with Gasteiger partial charge >= 0.3 is 0 Å². The highest BCUT2D eigenvalue weighted by molar-refractivity contribution is 9.10. The van der Waals surface area contributed by atoms with Crippen LogP contribution in [0.1, 0.15) is 6.04 Å². The van der Waals surface area contributed by atoms with E-state index in [1.165, 1.54) is 0 Å². The predicted molar refractivity (Wildman–Crippen MR) is 45.8 cm³/mol. The van der Waals surface area contributed by atoms with Gasteiger partial charge < -0.3 is 9.84 Å². The van der Waals surface area contributed by atoms with Crippen molar-refractivity contribution in [2.75, 3.05) is 13.2 Å². The highest BCUT2D eigenvalue weighted by Crippen LogP contribution is 2.20. The molecule has 1 saturated heterocycles. The van der Waals surface area contributed by atoms with Crippen LogP contribution in [0.3, 0.4) is 0 Å². The Morgan fingerprint density at radius 1 is 1.67 bits per heavy atom. The minimum Gasteiger partial charge on any atom is -0.388 e. The molecule has 0 saturated carbocycles. The number of rotatable bonds is 1. The molecular weight excluding hydrogens is 224 g/mol. The number of hydrogen-bond acceptors (Lipinski definition) is 3. The average molecular weight is 233 g/mol. The molecule has 5 heteroatoms. The fourth-order valence-electron chi connectivity index (χ4n) is 1.28. The molecule has 0 aliphatic carbocycles. The lowest BCUT2D eigenvalue weighted by atomic mass is 10.2. The Morgan fingerprint density at radius 3 is 3.00 bits per heavy atom. The van der Waals surface area contributed by atoms with Gasteiger partial charge in [-0.25, -0.2) is 0 Å². The summed E-state index contributed by atoms with van der Waals surface area (Å²) in [5, 5.41) is 13.5. The Bertz CT molecular complexity index is 276. The maximum absolute atomic E-state index is 9.45. The van der Waals surface area contributed by atoms with Crippen molar-refractivity contribution in [2.45, 2.75) is 12.1 Å². The van der Waals surface area contributed by atoms with E-state index >= 15 is 0 Å². The van der Waals surface area contributed by atoms with E-state index in [9.17, 15) is 5.11 Å². The van der Waals surface area contributed by atoms with Crippen LogP contribution >= 0.6 is 15.9 Å². The smallest absolute Gasteiger partial charge is 0.103 e. The van der Waals surface area contributed by atoms with E-state index in [4.69, 9.17) is 4.74 Å². The third-order valence-corrected chi connectivity index (χ3v) is 2.34. The molecule has 2 heterocycles. The fourth-order valence-corrected chi connectivity index (χ4v) is 1.58. The van der Waals surface area contributed by atoms with Crippen LogP contribution in [0.25, 0.3) is 0 Å². The molecule has 12 heavy (non-hydrogen) atoms. The molecule has 0 radical (unpaired) electrons. The van der Waals surface area contributed by atoms with Crippen molar-refractivity contribution in [3.63, 3.8) is 0 Å². The number of aliphatic hydroxyl groups excluding tert-OH is 1. The minimum absolute atomic E-state index is 0.0312. The average Bonchev–Trinajstić information content (AvgIpc) is 2.58. The Kier molecular flexibility index (Phi) is 2.16. The molecular formula is C7H9BrN2O2. The minimum atomic E-state index is -0.434. The van der Waals surface area contributed by atoms with Crippen molar-refractivity contribution in [1.29, 1.82) is 0 Å². The van der Waals surface area contributed by atoms with Crippen LogP contribution in [-0.4, -0.2) is 34.2 Å². The Morgan fingerprint density at radius 2 is 2.50 bits per heavy atom. The van der Waals surface area contributed by atoms with Gasteiger partial charge in [0.05, 0.1) is 23.9 Å². The molecule has 0 amide bonds. The summed E-state index contributed by atoms with van der Waals surface area (Å²) < 4.78 is 7.75. The first-order valence-corrected chi connectivity index (χ1v) is 4.52. The highest BCUT2D eigenvalue weighted by Gasteiger charge is 2.28. The van der Waals surface area contributed by atoms with Gasteiger partial charge in [0.25, 0.3) is 0 Å². The molecule has 2 unspecified atom stereocenters. The van der Waals surface area contributed by atoms with Crippen LogP contribution < -0.4 is 0 Å². The highest BCUT2D eigenvalue weighted by atomic mass is 79.9. The van der Waals surface area contributed by atoms with Crippen LogP contribution in [-0.2, 0) is 4.74 Å². The lowest BCUT2D eigenvalue weighted by Crippen LogP contribution is -2.22. The van der Waals surface area contributed by atoms with Crippen LogP contribution in [0.2, 0.25) is 0 Å². The number of ether oxygens (including phenoxy) is 1. The molecule has 1 aliphatic rings. The first-order valence-electron chi connectivity index (χ1n) is 3.73. The van der Waals surface area contributed by atoms with Crippen molar-refractivity contribution >= 4 is 15.9 Å². The molecule has 1 aliphatic heterocycles. The second kappa shape index (κ2) is 3.16. The lowest BCUT2D eigenvalue weighted by Gasteiger charge is -2.11. The van der Waals surface area contributed by atoms with Gasteiger partial charge in [-0.3, -0.25) is 4.68 Å². The van der Waals surface area contributed by atoms with Crippen LogP contribution in [0.15, 0.2) is 16.9 Å². The SMILES string of the molecule is OC1COCC1n1cc(Br)cn1. The normalized spacial score (nSPS) is 29.5. The quantitative estimate of drug-likeness (QED) is 0.771. The van der Waals surface area contributed by atoms with Gasteiger partial charge in [0.1, 0.15) is 12.1 Å². The summed E-state index contributed by atoms with van der Waals surface area (Å²) >= 11 is 3.29. The van der Waals surface area contributed by atoms with Crippen molar-refractivity contribution in [3.8, 4) is 0 Å². The Balaban J connectivity index is 2.19. The molecule has 2 atom stereocenters. The van der Waals surface area contributed by atoms with E-state index in [1.807, 2.05) is 6.20 Å². The largest absolute Gasteiger partial charge is 0.388 e. The number of hydrogen-bond donors (Lipinski definition) is 1. The molecule has 2 rings (SSSR count). The first kappa shape index (κ1) is 8.22. The van der Waals surface area contributed by atoms with Gasteiger partial charge in [0.2, 0.25) is 0 Å². The van der Waals surface area contributed by atoms with Crippen molar-refractivity contribution in [2.24, 2.45) is 0 Å². The maximum Gasteiger partial charge on any atom is 0.103 e. The molecule has 0 aromatic carbocycles. The summed E-state index contributed by atoms with van der Waals surface area (Å²) in [5.74, 6) is 0. The first-order chi connectivity index (χ1) is 5.77. The molecule has 1 aromatic rings. The zero-order valence-corrected chi connectivity index (χ0v) is 7.94. The van der Waals surface area contributed by atoms with E-state index in [2.05, 4.69) is 21.0 Å². The van der Waals surface area contributed by atoms with Gasteiger partial charge in [0.15, 0.2) is 0 Å². The number of aromatic nitrogens is 2. The van der Waals surface area contributed by atoms with E-state index in [0.717, 1.165) is 4.47 Å². The van der Waals surface area contributed by atoms with Crippen LogP contribution in [0.5, 0.6) is 0 Å². The van der Waals surface area contributed by atoms with E-state index < -0.39 is 6.10 Å². The Hall–Kier alpha value is -0.390. The topological polar surface area (TPSA) is 47.3 Å². The number of nitrogens with zero attached hydrogens (tertiary/aromatic N) is 2. The van der Waals surface area contributed by atoms with Gasteiger partial charge in [0, 0.05) is 6.20 Å². The summed E-state index contributed by atoms with van der Waals surface area (Å²) in [6.45, 7) is 0.942. The third-order valence-electron chi connectivity index (χ3n) is 1.93. The van der Waals surface area contributed by atoms with Crippen molar-refractivity contribution < 1.29 is 9.84 Å². The van der Waals surface area contributed by atoms with E-state index in [1.54, 1.807) is 10.9 Å². The van der Waals surface area contributed by atoms with Crippen molar-refractivity contribution in [3.05, 3.63) is 16.9 Å². The van der Waals surface area contributed by atoms with Crippen LogP contribution in [0.4, 0.5) is 0 Å². The molecule has 1 N–H and O–H groups in total. The van der Waals surface area contributed by atoms with Gasteiger partial charge in [-0.05, 0) is 15.9 Å².